The first-order valence-corrected chi connectivity index (χ1v) is 8.95. The van der Waals surface area contributed by atoms with Gasteiger partial charge in [-0.05, 0) is 65.1 Å². The molecule has 0 aliphatic carbocycles. The quantitative estimate of drug-likeness (QED) is 0.753. The maximum absolute atomic E-state index is 12.1. The Labute approximate surface area is 137 Å². The molecule has 0 saturated heterocycles. The molecule has 2 N–H and O–H groups in total. The van der Waals surface area contributed by atoms with Crippen LogP contribution in [-0.2, 0) is 10.0 Å². The second kappa shape index (κ2) is 6.44. The number of nitrogens with one attached hydrogen (secondary N) is 2. The first-order valence-electron chi connectivity index (χ1n) is 5.98. The van der Waals surface area contributed by atoms with Crippen molar-refractivity contribution in [2.24, 2.45) is 0 Å². The molecule has 0 spiro atoms. The van der Waals surface area contributed by atoms with E-state index in [-0.39, 0.29) is 5.91 Å². The summed E-state index contributed by atoms with van der Waals surface area (Å²) in [6.45, 7) is 0. The summed E-state index contributed by atoms with van der Waals surface area (Å²) in [5.74, 6) is -0.298. The van der Waals surface area contributed by atoms with Crippen molar-refractivity contribution in [3.63, 3.8) is 0 Å². The van der Waals surface area contributed by atoms with Crippen LogP contribution in [0, 0.1) is 3.57 Å². The van der Waals surface area contributed by atoms with E-state index in [0.29, 0.717) is 16.9 Å². The van der Waals surface area contributed by atoms with Crippen LogP contribution in [0.1, 0.15) is 10.4 Å². The lowest BCUT2D eigenvalue weighted by atomic mass is 10.2. The summed E-state index contributed by atoms with van der Waals surface area (Å²) >= 11 is 2.18. The van der Waals surface area contributed by atoms with Gasteiger partial charge in [0.15, 0.2) is 0 Å². The lowest BCUT2D eigenvalue weighted by Gasteiger charge is -2.08. The number of hydrogen-bond donors (Lipinski definition) is 2. The first kappa shape index (κ1) is 15.8. The van der Waals surface area contributed by atoms with Gasteiger partial charge in [0.2, 0.25) is 10.0 Å². The molecule has 0 fully saturated rings. The normalized spacial score (nSPS) is 11.0. The lowest BCUT2D eigenvalue weighted by Crippen LogP contribution is -2.13. The Balaban J connectivity index is 2.16. The van der Waals surface area contributed by atoms with Gasteiger partial charge in [0.05, 0.1) is 6.26 Å². The number of carbonyl (C=O) groups is 1. The predicted molar refractivity (Wildman–Crippen MR) is 92.0 cm³/mol. The molecule has 5 nitrogen and oxygen atoms in total. The molecule has 7 heteroatoms. The molecule has 2 rings (SSSR count). The second-order valence-electron chi connectivity index (χ2n) is 4.42. The minimum Gasteiger partial charge on any atom is -0.322 e. The van der Waals surface area contributed by atoms with Gasteiger partial charge in [0.25, 0.3) is 5.91 Å². The fraction of sp³-hybridized carbons (Fsp3) is 0.0714. The highest BCUT2D eigenvalue weighted by molar-refractivity contribution is 14.1. The Morgan fingerprint density at radius 3 is 2.33 bits per heavy atom. The summed E-state index contributed by atoms with van der Waals surface area (Å²) in [5.41, 5.74) is 1.41. The van der Waals surface area contributed by atoms with Crippen LogP contribution in [0.2, 0.25) is 0 Å². The number of anilines is 2. The molecule has 0 heterocycles. The molecule has 2 aromatic rings. The van der Waals surface area contributed by atoms with Crippen molar-refractivity contribution in [1.82, 2.24) is 0 Å². The fourth-order valence-corrected chi connectivity index (χ4v) is 2.59. The van der Waals surface area contributed by atoms with Gasteiger partial charge < -0.3 is 5.32 Å². The van der Waals surface area contributed by atoms with Crippen LogP contribution in [0.3, 0.4) is 0 Å². The van der Waals surface area contributed by atoms with Crippen LogP contribution in [0.4, 0.5) is 11.4 Å². The number of carbonyl (C=O) groups excluding carboxylic acids is 1. The third-order valence-corrected chi connectivity index (χ3v) is 3.86. The Bertz CT molecular complexity index is 758. The van der Waals surface area contributed by atoms with Crippen LogP contribution in [0.15, 0.2) is 48.5 Å². The van der Waals surface area contributed by atoms with Crippen molar-refractivity contribution in [3.8, 4) is 0 Å². The molecule has 110 valence electrons. The summed E-state index contributed by atoms with van der Waals surface area (Å²) in [7, 11) is -3.37. The summed E-state index contributed by atoms with van der Waals surface area (Å²) in [4.78, 5) is 12.1. The van der Waals surface area contributed by atoms with Crippen molar-refractivity contribution in [2.75, 3.05) is 16.3 Å². The number of hydrogen-bond acceptors (Lipinski definition) is 3. The van der Waals surface area contributed by atoms with Crippen LogP contribution in [-0.4, -0.2) is 20.6 Å². The summed E-state index contributed by atoms with van der Waals surface area (Å²) in [5, 5.41) is 2.76. The topological polar surface area (TPSA) is 75.3 Å². The summed E-state index contributed by atoms with van der Waals surface area (Å²) in [6, 6.07) is 13.7. The average Bonchev–Trinajstić information content (AvgIpc) is 2.40. The van der Waals surface area contributed by atoms with Crippen molar-refractivity contribution >= 4 is 49.9 Å². The molecule has 0 unspecified atom stereocenters. The van der Waals surface area contributed by atoms with E-state index in [9.17, 15) is 13.2 Å². The number of benzene rings is 2. The maximum atomic E-state index is 12.1. The lowest BCUT2D eigenvalue weighted by molar-refractivity contribution is 0.102. The largest absolute Gasteiger partial charge is 0.322 e. The Morgan fingerprint density at radius 1 is 1.05 bits per heavy atom. The number of rotatable bonds is 4. The SMILES string of the molecule is CS(=O)(=O)Nc1cccc(C(=O)Nc2ccc(I)cc2)c1. The van der Waals surface area contributed by atoms with E-state index in [1.54, 1.807) is 30.3 Å². The second-order valence-corrected chi connectivity index (χ2v) is 7.41. The standard InChI is InChI=1S/C14H13IN2O3S/c1-21(19,20)17-13-4-2-3-10(9-13)14(18)16-12-7-5-11(15)6-8-12/h2-9,17H,1H3,(H,16,18). The molecule has 21 heavy (non-hydrogen) atoms. The first-order chi connectivity index (χ1) is 9.83. The number of halogens is 1. The Hall–Kier alpha value is -1.61. The minimum atomic E-state index is -3.37. The van der Waals surface area contributed by atoms with Crippen molar-refractivity contribution in [3.05, 3.63) is 57.7 Å². The van der Waals surface area contributed by atoms with Gasteiger partial charge in [-0.2, -0.15) is 0 Å². The van der Waals surface area contributed by atoms with E-state index in [2.05, 4.69) is 32.6 Å². The zero-order valence-electron chi connectivity index (χ0n) is 11.1. The Kier molecular flexibility index (Phi) is 4.84. The molecular weight excluding hydrogens is 403 g/mol. The van der Waals surface area contributed by atoms with Crippen LogP contribution in [0.5, 0.6) is 0 Å². The third kappa shape index (κ3) is 5.01. The van der Waals surface area contributed by atoms with Gasteiger partial charge in [0.1, 0.15) is 0 Å². The molecule has 0 atom stereocenters. The predicted octanol–water partition coefficient (Wildman–Crippen LogP) is 2.92. The van der Waals surface area contributed by atoms with Crippen molar-refractivity contribution in [2.45, 2.75) is 0 Å². The molecule has 0 saturated carbocycles. The van der Waals surface area contributed by atoms with Crippen LogP contribution >= 0.6 is 22.6 Å². The van der Waals surface area contributed by atoms with Crippen molar-refractivity contribution < 1.29 is 13.2 Å². The van der Waals surface area contributed by atoms with Gasteiger partial charge >= 0.3 is 0 Å². The molecular formula is C14H13IN2O3S. The molecule has 0 radical (unpaired) electrons. The maximum Gasteiger partial charge on any atom is 0.255 e. The van der Waals surface area contributed by atoms with E-state index >= 15 is 0 Å². The summed E-state index contributed by atoms with van der Waals surface area (Å²) < 4.78 is 25.8. The molecule has 0 bridgehead atoms. The monoisotopic (exact) mass is 416 g/mol. The van der Waals surface area contributed by atoms with Gasteiger partial charge in [0, 0.05) is 20.5 Å². The smallest absolute Gasteiger partial charge is 0.255 e. The molecule has 0 aromatic heterocycles. The molecule has 2 aromatic carbocycles. The average molecular weight is 416 g/mol. The van der Waals surface area contributed by atoms with E-state index in [1.165, 1.54) is 6.07 Å². The van der Waals surface area contributed by atoms with Gasteiger partial charge in [-0.1, -0.05) is 6.07 Å². The fourth-order valence-electron chi connectivity index (χ4n) is 1.67. The zero-order valence-corrected chi connectivity index (χ0v) is 14.1. The highest BCUT2D eigenvalue weighted by atomic mass is 127. The van der Waals surface area contributed by atoms with Gasteiger partial charge in [-0.15, -0.1) is 0 Å². The number of sulfonamides is 1. The molecule has 0 aliphatic rings. The van der Waals surface area contributed by atoms with E-state index < -0.39 is 10.0 Å². The van der Waals surface area contributed by atoms with E-state index in [1.807, 2.05) is 12.1 Å². The van der Waals surface area contributed by atoms with Gasteiger partial charge in [-0.25, -0.2) is 8.42 Å². The zero-order chi connectivity index (χ0) is 15.5. The summed E-state index contributed by atoms with van der Waals surface area (Å²) in [6.07, 6.45) is 1.06. The molecule has 0 aliphatic heterocycles. The van der Waals surface area contributed by atoms with E-state index in [0.717, 1.165) is 9.83 Å². The Morgan fingerprint density at radius 2 is 1.71 bits per heavy atom. The highest BCUT2D eigenvalue weighted by Crippen LogP contribution is 2.15. The van der Waals surface area contributed by atoms with Gasteiger partial charge in [-0.3, -0.25) is 9.52 Å². The van der Waals surface area contributed by atoms with Crippen LogP contribution in [0.25, 0.3) is 0 Å². The third-order valence-electron chi connectivity index (χ3n) is 2.53. The van der Waals surface area contributed by atoms with E-state index in [4.69, 9.17) is 0 Å². The minimum absolute atomic E-state index is 0.298. The van der Waals surface area contributed by atoms with Crippen molar-refractivity contribution in [1.29, 1.82) is 0 Å². The molecule has 1 amide bonds. The highest BCUT2D eigenvalue weighted by Gasteiger charge is 2.08. The van der Waals surface area contributed by atoms with Crippen LogP contribution < -0.4 is 10.0 Å². The number of amides is 1.